The van der Waals surface area contributed by atoms with Crippen LogP contribution in [0.1, 0.15) is 73.0 Å². The van der Waals surface area contributed by atoms with Gasteiger partial charge in [-0.1, -0.05) is 29.8 Å². The molecule has 41 heavy (non-hydrogen) atoms. The van der Waals surface area contributed by atoms with Crippen LogP contribution in [0.2, 0.25) is 5.02 Å². The highest BCUT2D eigenvalue weighted by Gasteiger charge is 2.59. The van der Waals surface area contributed by atoms with E-state index >= 15 is 0 Å². The van der Waals surface area contributed by atoms with Crippen molar-refractivity contribution in [2.75, 3.05) is 37.6 Å². The van der Waals surface area contributed by atoms with Crippen LogP contribution >= 0.6 is 11.6 Å². The molecule has 0 bridgehead atoms. The molecule has 1 aromatic carbocycles. The van der Waals surface area contributed by atoms with Gasteiger partial charge in [0.2, 0.25) is 5.91 Å². The second-order valence-electron chi connectivity index (χ2n) is 11.8. The Kier molecular flexibility index (Phi) is 7.61. The van der Waals surface area contributed by atoms with E-state index in [1.165, 1.54) is 6.07 Å². The van der Waals surface area contributed by atoms with E-state index in [1.54, 1.807) is 0 Å². The predicted molar refractivity (Wildman–Crippen MR) is 150 cm³/mol. The first kappa shape index (κ1) is 27.9. The number of nitrogens with zero attached hydrogens (tertiary/aromatic N) is 4. The largest absolute Gasteiger partial charge is 0.349 e. The second-order valence-corrected chi connectivity index (χ2v) is 12.2. The summed E-state index contributed by atoms with van der Waals surface area (Å²) in [6.07, 6.45) is 4.39. The van der Waals surface area contributed by atoms with Gasteiger partial charge >= 0.3 is 6.03 Å². The third-order valence-corrected chi connectivity index (χ3v) is 9.35. The zero-order chi connectivity index (χ0) is 28.7. The number of carbonyl (C=O) groups is 3. The quantitative estimate of drug-likeness (QED) is 0.525. The van der Waals surface area contributed by atoms with Crippen molar-refractivity contribution in [3.8, 4) is 0 Å². The number of nitrogens with one attached hydrogen (secondary N) is 1. The number of likely N-dealkylation sites (tertiary alicyclic amines) is 2. The fraction of sp³-hybridized carbons (Fsp3) is 0.533. The molecule has 4 amide bonds. The number of urea groups is 1. The molecule has 2 saturated heterocycles. The molecule has 8 nitrogen and oxygen atoms in total. The highest BCUT2D eigenvalue weighted by atomic mass is 35.5. The lowest BCUT2D eigenvalue weighted by atomic mass is 9.74. The number of benzene rings is 1. The molecular weight excluding hydrogens is 552 g/mol. The Bertz CT molecular complexity index is 1340. The average molecular weight is 586 g/mol. The number of pyridine rings is 1. The molecule has 0 unspecified atom stereocenters. The van der Waals surface area contributed by atoms with Crippen LogP contribution in [0, 0.1) is 5.92 Å². The van der Waals surface area contributed by atoms with Crippen molar-refractivity contribution in [1.82, 2.24) is 20.1 Å². The summed E-state index contributed by atoms with van der Waals surface area (Å²) in [7, 11) is 0. The lowest BCUT2D eigenvalue weighted by Crippen LogP contribution is -2.67. The van der Waals surface area contributed by atoms with E-state index in [-0.39, 0.29) is 34.5 Å². The molecule has 1 saturated carbocycles. The van der Waals surface area contributed by atoms with Crippen LogP contribution in [0.4, 0.5) is 19.3 Å². The molecule has 2 aromatic rings. The highest BCUT2D eigenvalue weighted by Crippen LogP contribution is 2.48. The van der Waals surface area contributed by atoms with Crippen LogP contribution in [0.5, 0.6) is 0 Å². The second kappa shape index (κ2) is 11.2. The Morgan fingerprint density at radius 2 is 1.76 bits per heavy atom. The van der Waals surface area contributed by atoms with Crippen molar-refractivity contribution in [3.63, 3.8) is 0 Å². The topological polar surface area (TPSA) is 85.8 Å². The van der Waals surface area contributed by atoms with Gasteiger partial charge < -0.3 is 20.0 Å². The zero-order valence-electron chi connectivity index (χ0n) is 22.8. The maximum Gasteiger partial charge on any atom is 0.320 e. The molecule has 1 N–H and O–H groups in total. The zero-order valence-corrected chi connectivity index (χ0v) is 23.6. The molecule has 1 spiro atoms. The molecule has 3 aliphatic heterocycles. The van der Waals surface area contributed by atoms with Gasteiger partial charge in [0.1, 0.15) is 11.1 Å². The van der Waals surface area contributed by atoms with Crippen molar-refractivity contribution >= 4 is 35.1 Å². The fourth-order valence-electron chi connectivity index (χ4n) is 6.93. The highest BCUT2D eigenvalue weighted by molar-refractivity contribution is 6.30. The summed E-state index contributed by atoms with van der Waals surface area (Å²) in [6, 6.07) is 9.01. The van der Waals surface area contributed by atoms with E-state index < -0.39 is 23.4 Å². The lowest BCUT2D eigenvalue weighted by molar-refractivity contribution is -0.128. The minimum Gasteiger partial charge on any atom is -0.349 e. The maximum absolute atomic E-state index is 13.9. The van der Waals surface area contributed by atoms with Gasteiger partial charge in [-0.25, -0.2) is 13.6 Å². The van der Waals surface area contributed by atoms with Gasteiger partial charge in [-0.15, -0.1) is 0 Å². The number of carbonyl (C=O) groups excluding carboxylic acids is 3. The number of hydrogen-bond acceptors (Lipinski definition) is 4. The Balaban J connectivity index is 1.07. The number of fused-ring (bicyclic) bond motifs is 2. The normalized spacial score (nSPS) is 23.5. The van der Waals surface area contributed by atoms with Crippen LogP contribution in [0.3, 0.4) is 0 Å². The molecule has 218 valence electrons. The van der Waals surface area contributed by atoms with E-state index in [2.05, 4.69) is 10.3 Å². The molecule has 4 aliphatic rings. The third-order valence-electron chi connectivity index (χ3n) is 9.14. The number of amides is 4. The maximum atomic E-state index is 13.9. The standard InChI is InChI=1S/C30H34ClF2N5O3/c31-20-14-22(25(26(32)33)34-15-20)27(39)35-21-10-8-19(9-11-21)16-38-24-7-3-2-6-23(24)30(28(38)40)17-37(18-30)29(41)36-12-4-1-5-13-36/h2-3,6-7,14-15,19,21,26H,1,4-5,8-13,16-18H2,(H,35,39)/t19-,21-. The summed E-state index contributed by atoms with van der Waals surface area (Å²) >= 11 is 5.91. The fourth-order valence-corrected chi connectivity index (χ4v) is 7.08. The Labute approximate surface area is 243 Å². The Morgan fingerprint density at radius 3 is 2.46 bits per heavy atom. The third kappa shape index (κ3) is 5.15. The summed E-state index contributed by atoms with van der Waals surface area (Å²) < 4.78 is 26.7. The lowest BCUT2D eigenvalue weighted by Gasteiger charge is -2.48. The number of para-hydroxylation sites is 1. The van der Waals surface area contributed by atoms with Gasteiger partial charge in [-0.2, -0.15) is 0 Å². The number of alkyl halides is 2. The van der Waals surface area contributed by atoms with Crippen LogP contribution in [-0.4, -0.2) is 71.4 Å². The van der Waals surface area contributed by atoms with E-state index in [0.717, 1.165) is 62.6 Å². The molecule has 0 atom stereocenters. The Morgan fingerprint density at radius 1 is 1.05 bits per heavy atom. The van der Waals surface area contributed by atoms with Crippen LogP contribution < -0.4 is 10.2 Å². The van der Waals surface area contributed by atoms with Crippen molar-refractivity contribution < 1.29 is 23.2 Å². The molecule has 6 rings (SSSR count). The van der Waals surface area contributed by atoms with Crippen molar-refractivity contribution in [1.29, 1.82) is 0 Å². The van der Waals surface area contributed by atoms with E-state index in [4.69, 9.17) is 11.6 Å². The Hall–Kier alpha value is -3.27. The molecule has 11 heteroatoms. The first-order valence-corrected chi connectivity index (χ1v) is 14.8. The van der Waals surface area contributed by atoms with Crippen molar-refractivity contribution in [3.05, 3.63) is 58.4 Å². The summed E-state index contributed by atoms with van der Waals surface area (Å²) in [5, 5.41) is 3.00. The van der Waals surface area contributed by atoms with E-state index in [9.17, 15) is 23.2 Å². The average Bonchev–Trinajstić information content (AvgIpc) is 3.20. The van der Waals surface area contributed by atoms with Crippen molar-refractivity contribution in [2.45, 2.75) is 62.8 Å². The van der Waals surface area contributed by atoms with Crippen LogP contribution in [0.25, 0.3) is 0 Å². The monoisotopic (exact) mass is 585 g/mol. The van der Waals surface area contributed by atoms with E-state index in [1.807, 2.05) is 39.0 Å². The van der Waals surface area contributed by atoms with Crippen LogP contribution in [0.15, 0.2) is 36.5 Å². The van der Waals surface area contributed by atoms with Gasteiger partial charge in [0.25, 0.3) is 12.3 Å². The summed E-state index contributed by atoms with van der Waals surface area (Å²) in [5.41, 5.74) is 0.464. The van der Waals surface area contributed by atoms with Crippen LogP contribution in [-0.2, 0) is 10.2 Å². The molecule has 0 radical (unpaired) electrons. The summed E-state index contributed by atoms with van der Waals surface area (Å²) in [4.78, 5) is 49.0. The van der Waals surface area contributed by atoms with Gasteiger partial charge in [0, 0.05) is 50.6 Å². The molecule has 3 fully saturated rings. The number of anilines is 1. The molecule has 1 aliphatic carbocycles. The van der Waals surface area contributed by atoms with Gasteiger partial charge in [0.15, 0.2) is 0 Å². The number of rotatable bonds is 5. The predicted octanol–water partition coefficient (Wildman–Crippen LogP) is 5.17. The SMILES string of the molecule is O=C(N[C@H]1CC[C@H](CN2C(=O)C3(CN(C(=O)N4CCCCC4)C3)c3ccccc32)CC1)c1cc(Cl)cnc1C(F)F. The first-order chi connectivity index (χ1) is 19.8. The van der Waals surface area contributed by atoms with Gasteiger partial charge in [-0.3, -0.25) is 14.6 Å². The molecule has 1 aromatic heterocycles. The van der Waals surface area contributed by atoms with Gasteiger partial charge in [0.05, 0.1) is 10.6 Å². The van der Waals surface area contributed by atoms with E-state index in [0.29, 0.717) is 32.5 Å². The minimum absolute atomic E-state index is 0.0358. The number of halogens is 3. The first-order valence-electron chi connectivity index (χ1n) is 14.5. The number of hydrogen-bond donors (Lipinski definition) is 1. The van der Waals surface area contributed by atoms with Crippen molar-refractivity contribution in [2.24, 2.45) is 5.92 Å². The summed E-state index contributed by atoms with van der Waals surface area (Å²) in [6.45, 7) is 2.96. The smallest absolute Gasteiger partial charge is 0.320 e. The number of piperidine rings is 1. The minimum atomic E-state index is -2.88. The summed E-state index contributed by atoms with van der Waals surface area (Å²) in [5.74, 6) is -0.297. The molecule has 4 heterocycles. The molecular formula is C30H34ClF2N5O3. The van der Waals surface area contributed by atoms with Gasteiger partial charge in [-0.05, 0) is 68.6 Å². The number of aromatic nitrogens is 1.